The molecule has 0 amide bonds. The molecule has 2 aromatic rings. The van der Waals surface area contributed by atoms with Gasteiger partial charge in [-0.3, -0.25) is 5.43 Å². The van der Waals surface area contributed by atoms with E-state index in [-0.39, 0.29) is 0 Å². The lowest BCUT2D eigenvalue weighted by molar-refractivity contribution is 0.306. The van der Waals surface area contributed by atoms with E-state index < -0.39 is 0 Å². The fourth-order valence-electron chi connectivity index (χ4n) is 1.92. The van der Waals surface area contributed by atoms with E-state index >= 15 is 0 Å². The zero-order valence-electron chi connectivity index (χ0n) is 13.4. The van der Waals surface area contributed by atoms with Gasteiger partial charge in [-0.05, 0) is 43.8 Å². The number of rotatable bonds is 6. The minimum Gasteiger partial charge on any atom is -0.488 e. The summed E-state index contributed by atoms with van der Waals surface area (Å²) in [4.78, 5) is 0. The average molecular weight is 327 g/mol. The molecule has 0 fully saturated rings. The first kappa shape index (κ1) is 17.0. The number of thiocarbonyl (C=S) groups is 1. The van der Waals surface area contributed by atoms with E-state index in [1.54, 1.807) is 6.21 Å². The van der Waals surface area contributed by atoms with Gasteiger partial charge in [-0.15, -0.1) is 0 Å². The van der Waals surface area contributed by atoms with Crippen molar-refractivity contribution in [3.8, 4) is 5.75 Å². The minimum absolute atomic E-state index is 0.502. The lowest BCUT2D eigenvalue weighted by atomic mass is 10.1. The van der Waals surface area contributed by atoms with Gasteiger partial charge in [0.2, 0.25) is 0 Å². The Balaban J connectivity index is 1.98. The Hall–Kier alpha value is -2.40. The molecule has 0 heterocycles. The van der Waals surface area contributed by atoms with Crippen molar-refractivity contribution in [3.63, 3.8) is 0 Å². The molecule has 0 atom stereocenters. The first-order chi connectivity index (χ1) is 11.2. The smallest absolute Gasteiger partial charge is 0.186 e. The Morgan fingerprint density at radius 1 is 1.17 bits per heavy atom. The standard InChI is InChI=1S/C18H21N3OS/c1-3-19-18(23)21-20-12-16-6-4-5-7-17(16)22-13-15-10-8-14(2)9-11-15/h4-12H,3,13H2,1-2H3,(H2,19,21,23)/b20-12-. The van der Waals surface area contributed by atoms with Crippen LogP contribution in [0.4, 0.5) is 0 Å². The molecule has 2 rings (SSSR count). The molecule has 4 nitrogen and oxygen atoms in total. The van der Waals surface area contributed by atoms with E-state index in [0.717, 1.165) is 23.4 Å². The van der Waals surface area contributed by atoms with Gasteiger partial charge in [-0.1, -0.05) is 42.0 Å². The zero-order valence-corrected chi connectivity index (χ0v) is 14.2. The van der Waals surface area contributed by atoms with Gasteiger partial charge in [0.05, 0.1) is 6.21 Å². The van der Waals surface area contributed by atoms with Crippen LogP contribution in [0.25, 0.3) is 0 Å². The first-order valence-corrected chi connectivity index (χ1v) is 7.94. The van der Waals surface area contributed by atoms with Crippen molar-refractivity contribution in [2.75, 3.05) is 6.54 Å². The van der Waals surface area contributed by atoms with Gasteiger partial charge >= 0.3 is 0 Å². The topological polar surface area (TPSA) is 45.7 Å². The number of hydrazone groups is 1. The van der Waals surface area contributed by atoms with Gasteiger partial charge in [-0.2, -0.15) is 5.10 Å². The summed E-state index contributed by atoms with van der Waals surface area (Å²) >= 11 is 5.06. The molecular formula is C18H21N3OS. The molecular weight excluding hydrogens is 306 g/mol. The molecule has 0 aliphatic carbocycles. The van der Waals surface area contributed by atoms with Crippen LogP contribution in [-0.2, 0) is 6.61 Å². The van der Waals surface area contributed by atoms with E-state index in [4.69, 9.17) is 17.0 Å². The maximum Gasteiger partial charge on any atom is 0.186 e. The molecule has 0 aromatic heterocycles. The minimum atomic E-state index is 0.502. The molecule has 0 spiro atoms. The van der Waals surface area contributed by atoms with E-state index in [2.05, 4.69) is 47.0 Å². The second-order valence-corrected chi connectivity index (χ2v) is 5.45. The maximum absolute atomic E-state index is 5.90. The van der Waals surface area contributed by atoms with Crippen LogP contribution in [0, 0.1) is 6.92 Å². The molecule has 2 N–H and O–H groups in total. The van der Waals surface area contributed by atoms with Crippen LogP contribution in [0.1, 0.15) is 23.6 Å². The van der Waals surface area contributed by atoms with Gasteiger partial charge < -0.3 is 10.1 Å². The van der Waals surface area contributed by atoms with E-state index in [1.165, 1.54) is 5.56 Å². The van der Waals surface area contributed by atoms with Crippen LogP contribution in [0.15, 0.2) is 53.6 Å². The van der Waals surface area contributed by atoms with Crippen molar-refractivity contribution in [3.05, 3.63) is 65.2 Å². The van der Waals surface area contributed by atoms with Crippen LogP contribution in [0.2, 0.25) is 0 Å². The van der Waals surface area contributed by atoms with Crippen LogP contribution in [0.5, 0.6) is 5.75 Å². The summed E-state index contributed by atoms with van der Waals surface area (Å²) in [6.45, 7) is 5.33. The maximum atomic E-state index is 5.90. The average Bonchev–Trinajstić information content (AvgIpc) is 2.56. The van der Waals surface area contributed by atoms with E-state index in [9.17, 15) is 0 Å². The Labute approximate surface area is 142 Å². The summed E-state index contributed by atoms with van der Waals surface area (Å²) in [6.07, 6.45) is 1.70. The summed E-state index contributed by atoms with van der Waals surface area (Å²) in [7, 11) is 0. The molecule has 0 aliphatic heterocycles. The highest BCUT2D eigenvalue weighted by molar-refractivity contribution is 7.80. The van der Waals surface area contributed by atoms with E-state index in [1.807, 2.05) is 31.2 Å². The number of ether oxygens (including phenoxy) is 1. The third-order valence-corrected chi connectivity index (χ3v) is 3.38. The Kier molecular flexibility index (Phi) is 6.56. The predicted octanol–water partition coefficient (Wildman–Crippen LogP) is 3.39. The Bertz CT molecular complexity index is 668. The summed E-state index contributed by atoms with van der Waals surface area (Å²) in [5.41, 5.74) is 6.04. The monoisotopic (exact) mass is 327 g/mol. The quantitative estimate of drug-likeness (QED) is 0.485. The lowest BCUT2D eigenvalue weighted by Crippen LogP contribution is -2.31. The molecule has 2 aromatic carbocycles. The normalized spacial score (nSPS) is 10.5. The van der Waals surface area contributed by atoms with Crippen molar-refractivity contribution in [1.82, 2.24) is 10.7 Å². The highest BCUT2D eigenvalue weighted by Crippen LogP contribution is 2.17. The molecule has 0 aliphatic rings. The molecule has 23 heavy (non-hydrogen) atoms. The third-order valence-electron chi connectivity index (χ3n) is 3.14. The highest BCUT2D eigenvalue weighted by atomic mass is 32.1. The molecule has 5 heteroatoms. The van der Waals surface area contributed by atoms with Crippen molar-refractivity contribution >= 4 is 23.5 Å². The van der Waals surface area contributed by atoms with E-state index in [0.29, 0.717) is 11.7 Å². The summed E-state index contributed by atoms with van der Waals surface area (Å²) in [6, 6.07) is 16.1. The zero-order chi connectivity index (χ0) is 16.5. The summed E-state index contributed by atoms with van der Waals surface area (Å²) in [5.74, 6) is 0.785. The van der Waals surface area contributed by atoms with Crippen LogP contribution >= 0.6 is 12.2 Å². The van der Waals surface area contributed by atoms with Crippen molar-refractivity contribution in [2.45, 2.75) is 20.5 Å². The SMILES string of the molecule is CCNC(=S)N/N=C\c1ccccc1OCc1ccc(C)cc1. The van der Waals surface area contributed by atoms with Crippen molar-refractivity contribution < 1.29 is 4.74 Å². The number of hydrogen-bond acceptors (Lipinski definition) is 3. The summed E-state index contributed by atoms with van der Waals surface area (Å²) in [5, 5.41) is 7.60. The number of nitrogens with one attached hydrogen (secondary N) is 2. The number of benzene rings is 2. The molecule has 0 radical (unpaired) electrons. The van der Waals surface area contributed by atoms with Crippen LogP contribution in [0.3, 0.4) is 0 Å². The fourth-order valence-corrected chi connectivity index (χ4v) is 2.12. The number of para-hydroxylation sites is 1. The van der Waals surface area contributed by atoms with Crippen molar-refractivity contribution in [2.24, 2.45) is 5.10 Å². The number of aryl methyl sites for hydroxylation is 1. The second kappa shape index (κ2) is 8.90. The van der Waals surface area contributed by atoms with Gasteiger partial charge in [-0.25, -0.2) is 0 Å². The lowest BCUT2D eigenvalue weighted by Gasteiger charge is -2.09. The molecule has 0 saturated heterocycles. The third kappa shape index (κ3) is 5.71. The van der Waals surface area contributed by atoms with Gasteiger partial charge in [0.1, 0.15) is 12.4 Å². The fraction of sp³-hybridized carbons (Fsp3) is 0.222. The number of nitrogens with zero attached hydrogens (tertiary/aromatic N) is 1. The molecule has 0 unspecified atom stereocenters. The highest BCUT2D eigenvalue weighted by Gasteiger charge is 2.01. The number of hydrogen-bond donors (Lipinski definition) is 2. The first-order valence-electron chi connectivity index (χ1n) is 7.53. The van der Waals surface area contributed by atoms with Crippen LogP contribution in [-0.4, -0.2) is 17.9 Å². The van der Waals surface area contributed by atoms with Gasteiger partial charge in [0.25, 0.3) is 0 Å². The predicted molar refractivity (Wildman–Crippen MR) is 99.0 cm³/mol. The Morgan fingerprint density at radius 3 is 2.65 bits per heavy atom. The molecule has 120 valence electrons. The van der Waals surface area contributed by atoms with Crippen LogP contribution < -0.4 is 15.5 Å². The van der Waals surface area contributed by atoms with Crippen molar-refractivity contribution in [1.29, 1.82) is 0 Å². The molecule has 0 saturated carbocycles. The summed E-state index contributed by atoms with van der Waals surface area (Å²) < 4.78 is 5.90. The largest absolute Gasteiger partial charge is 0.488 e. The van der Waals surface area contributed by atoms with Gasteiger partial charge in [0.15, 0.2) is 5.11 Å². The van der Waals surface area contributed by atoms with Gasteiger partial charge in [0, 0.05) is 12.1 Å². The Morgan fingerprint density at radius 2 is 1.91 bits per heavy atom. The second-order valence-electron chi connectivity index (χ2n) is 5.04. The molecule has 0 bridgehead atoms.